The quantitative estimate of drug-likeness (QED) is 0.858. The van der Waals surface area contributed by atoms with Crippen LogP contribution >= 0.6 is 0 Å². The third-order valence-corrected chi connectivity index (χ3v) is 2.29. The van der Waals surface area contributed by atoms with E-state index in [2.05, 4.69) is 0 Å². The van der Waals surface area contributed by atoms with Gasteiger partial charge in [0.25, 0.3) is 0 Å². The Morgan fingerprint density at radius 1 is 1.28 bits per heavy atom. The lowest BCUT2D eigenvalue weighted by molar-refractivity contribution is -0.127. The molecule has 6 heteroatoms. The van der Waals surface area contributed by atoms with Crippen molar-refractivity contribution >= 4 is 12.0 Å². The molecule has 0 saturated carbocycles. The molecule has 0 aromatic heterocycles. The molecule has 18 heavy (non-hydrogen) atoms. The molecule has 0 aliphatic carbocycles. The second-order valence-electron chi connectivity index (χ2n) is 3.87. The number of hydrogen-bond acceptors (Lipinski definition) is 4. The Morgan fingerprint density at radius 3 is 2.44 bits per heavy atom. The van der Waals surface area contributed by atoms with E-state index in [4.69, 9.17) is 15.2 Å². The fourth-order valence-electron chi connectivity index (χ4n) is 1.35. The molecule has 1 rings (SSSR count). The van der Waals surface area contributed by atoms with Crippen molar-refractivity contribution in [2.45, 2.75) is 6.42 Å². The van der Waals surface area contributed by atoms with E-state index in [-0.39, 0.29) is 18.1 Å². The van der Waals surface area contributed by atoms with Crippen LogP contribution in [0.3, 0.4) is 0 Å². The van der Waals surface area contributed by atoms with Gasteiger partial charge in [-0.25, -0.2) is 4.79 Å². The molecule has 0 spiro atoms. The van der Waals surface area contributed by atoms with Crippen molar-refractivity contribution in [2.75, 3.05) is 21.2 Å². The first-order valence-electron chi connectivity index (χ1n) is 5.28. The van der Waals surface area contributed by atoms with Crippen LogP contribution in [0, 0.1) is 0 Å². The third-order valence-electron chi connectivity index (χ3n) is 2.29. The van der Waals surface area contributed by atoms with E-state index in [9.17, 15) is 9.59 Å². The highest BCUT2D eigenvalue weighted by Crippen LogP contribution is 2.28. The van der Waals surface area contributed by atoms with Gasteiger partial charge >= 0.3 is 6.09 Å². The van der Waals surface area contributed by atoms with Gasteiger partial charge in [0.1, 0.15) is 0 Å². The average molecular weight is 252 g/mol. The zero-order chi connectivity index (χ0) is 13.7. The van der Waals surface area contributed by atoms with Gasteiger partial charge in [0.2, 0.25) is 5.91 Å². The number of methoxy groups -OCH3 is 1. The van der Waals surface area contributed by atoms with Crippen molar-refractivity contribution in [3.63, 3.8) is 0 Å². The molecule has 1 aromatic carbocycles. The van der Waals surface area contributed by atoms with Crippen molar-refractivity contribution in [3.05, 3.63) is 23.8 Å². The molecule has 0 aliphatic rings. The van der Waals surface area contributed by atoms with Gasteiger partial charge in [0.15, 0.2) is 11.5 Å². The van der Waals surface area contributed by atoms with Crippen molar-refractivity contribution in [3.8, 4) is 11.5 Å². The van der Waals surface area contributed by atoms with Crippen LogP contribution in [0.4, 0.5) is 4.79 Å². The van der Waals surface area contributed by atoms with Crippen LogP contribution in [-0.4, -0.2) is 38.1 Å². The lowest BCUT2D eigenvalue weighted by Crippen LogP contribution is -2.23. The second-order valence-corrected chi connectivity index (χ2v) is 3.87. The number of carbonyl (C=O) groups excluding carboxylic acids is 2. The van der Waals surface area contributed by atoms with E-state index < -0.39 is 6.09 Å². The van der Waals surface area contributed by atoms with E-state index >= 15 is 0 Å². The summed E-state index contributed by atoms with van der Waals surface area (Å²) in [5.74, 6) is 0.536. The summed E-state index contributed by atoms with van der Waals surface area (Å²) in [4.78, 5) is 23.8. The summed E-state index contributed by atoms with van der Waals surface area (Å²) in [7, 11) is 4.80. The lowest BCUT2D eigenvalue weighted by Gasteiger charge is -2.12. The Labute approximate surface area is 105 Å². The van der Waals surface area contributed by atoms with E-state index in [0.717, 1.165) is 0 Å². The average Bonchev–Trinajstić information content (AvgIpc) is 2.28. The Bertz CT molecular complexity index is 457. The molecule has 2 amide bonds. The molecule has 98 valence electrons. The van der Waals surface area contributed by atoms with Crippen LogP contribution in [0.1, 0.15) is 5.56 Å². The van der Waals surface area contributed by atoms with Gasteiger partial charge in [0.05, 0.1) is 13.5 Å². The summed E-state index contributed by atoms with van der Waals surface area (Å²) in [5, 5.41) is 0. The van der Waals surface area contributed by atoms with Crippen LogP contribution in [0.2, 0.25) is 0 Å². The highest BCUT2D eigenvalue weighted by atomic mass is 16.6. The first-order valence-corrected chi connectivity index (χ1v) is 5.28. The summed E-state index contributed by atoms with van der Waals surface area (Å²) in [6.07, 6.45) is -0.712. The van der Waals surface area contributed by atoms with E-state index in [1.165, 1.54) is 12.0 Å². The van der Waals surface area contributed by atoms with Gasteiger partial charge < -0.3 is 20.1 Å². The fourth-order valence-corrected chi connectivity index (χ4v) is 1.35. The number of primary amides is 1. The molecule has 0 saturated heterocycles. The lowest BCUT2D eigenvalue weighted by atomic mass is 10.1. The smallest absolute Gasteiger partial charge is 0.410 e. The molecule has 6 nitrogen and oxygen atoms in total. The second kappa shape index (κ2) is 5.90. The maximum absolute atomic E-state index is 11.6. The van der Waals surface area contributed by atoms with Crippen molar-refractivity contribution in [2.24, 2.45) is 5.73 Å². The number of nitrogens with two attached hydrogens (primary N) is 1. The molecular weight excluding hydrogens is 236 g/mol. The minimum Gasteiger partial charge on any atom is -0.493 e. The van der Waals surface area contributed by atoms with Gasteiger partial charge in [-0.3, -0.25) is 4.79 Å². The topological polar surface area (TPSA) is 81.9 Å². The maximum atomic E-state index is 11.6. The van der Waals surface area contributed by atoms with E-state index in [1.54, 1.807) is 32.3 Å². The summed E-state index contributed by atoms with van der Waals surface area (Å²) < 4.78 is 9.83. The summed E-state index contributed by atoms with van der Waals surface area (Å²) in [6.45, 7) is 0. The summed E-state index contributed by atoms with van der Waals surface area (Å²) in [5.41, 5.74) is 5.67. The minimum absolute atomic E-state index is 0.0507. The first kappa shape index (κ1) is 13.8. The molecule has 0 aliphatic heterocycles. The van der Waals surface area contributed by atoms with Gasteiger partial charge in [-0.2, -0.15) is 0 Å². The molecule has 0 heterocycles. The monoisotopic (exact) mass is 252 g/mol. The highest BCUT2D eigenvalue weighted by molar-refractivity contribution is 5.78. The largest absolute Gasteiger partial charge is 0.493 e. The zero-order valence-electron chi connectivity index (χ0n) is 10.6. The molecule has 0 atom stereocenters. The van der Waals surface area contributed by atoms with Crippen LogP contribution in [0.15, 0.2) is 18.2 Å². The van der Waals surface area contributed by atoms with Crippen LogP contribution in [-0.2, 0) is 11.2 Å². The Kier molecular flexibility index (Phi) is 4.53. The summed E-state index contributed by atoms with van der Waals surface area (Å²) in [6, 6.07) is 4.91. The molecular formula is C12H16N2O4. The van der Waals surface area contributed by atoms with Gasteiger partial charge in [-0.05, 0) is 17.7 Å². The molecule has 0 fully saturated rings. The Hall–Kier alpha value is -2.24. The third kappa shape index (κ3) is 3.65. The predicted octanol–water partition coefficient (Wildman–Crippen LogP) is 0.783. The highest BCUT2D eigenvalue weighted by Gasteiger charge is 2.11. The number of likely N-dealkylation sites (N-methyl/N-ethyl adjacent to an activating group) is 1. The van der Waals surface area contributed by atoms with E-state index in [1.807, 2.05) is 0 Å². The van der Waals surface area contributed by atoms with E-state index in [0.29, 0.717) is 11.3 Å². The molecule has 1 aromatic rings. The number of benzene rings is 1. The fraction of sp³-hybridized carbons (Fsp3) is 0.333. The number of nitrogens with zero attached hydrogens (tertiary/aromatic N) is 1. The zero-order valence-corrected chi connectivity index (χ0v) is 10.6. The maximum Gasteiger partial charge on any atom is 0.410 e. The molecule has 0 bridgehead atoms. The summed E-state index contributed by atoms with van der Waals surface area (Å²) >= 11 is 0. The molecule has 0 unspecified atom stereocenters. The van der Waals surface area contributed by atoms with Crippen LogP contribution < -0.4 is 15.2 Å². The number of hydrogen-bond donors (Lipinski definition) is 1. The molecule has 0 radical (unpaired) electrons. The van der Waals surface area contributed by atoms with Crippen LogP contribution in [0.25, 0.3) is 0 Å². The number of ether oxygens (including phenoxy) is 2. The van der Waals surface area contributed by atoms with Gasteiger partial charge in [-0.1, -0.05) is 6.07 Å². The van der Waals surface area contributed by atoms with Crippen molar-refractivity contribution in [1.29, 1.82) is 0 Å². The number of carbonyl (C=O) groups is 2. The van der Waals surface area contributed by atoms with Crippen molar-refractivity contribution < 1.29 is 19.1 Å². The predicted molar refractivity (Wildman–Crippen MR) is 65.6 cm³/mol. The normalized spacial score (nSPS) is 9.72. The number of amides is 2. The SMILES string of the molecule is COc1ccc(CC(=O)N(C)C)cc1OC(N)=O. The molecule has 2 N–H and O–H groups in total. The Balaban J connectivity index is 2.95. The first-order chi connectivity index (χ1) is 8.43. The van der Waals surface area contributed by atoms with Crippen LogP contribution in [0.5, 0.6) is 11.5 Å². The number of rotatable bonds is 4. The van der Waals surface area contributed by atoms with Gasteiger partial charge in [-0.15, -0.1) is 0 Å². The van der Waals surface area contributed by atoms with Gasteiger partial charge in [0, 0.05) is 14.1 Å². The minimum atomic E-state index is -0.926. The van der Waals surface area contributed by atoms with Crippen molar-refractivity contribution in [1.82, 2.24) is 4.90 Å². The Morgan fingerprint density at radius 2 is 1.94 bits per heavy atom. The standard InChI is InChI=1S/C12H16N2O4/c1-14(2)11(15)7-8-4-5-9(17-3)10(6-8)18-12(13)16/h4-6H,7H2,1-3H3,(H2,13,16).